The summed E-state index contributed by atoms with van der Waals surface area (Å²) in [5.41, 5.74) is 1.81. The number of anilines is 3. The van der Waals surface area contributed by atoms with Crippen molar-refractivity contribution in [2.45, 2.75) is 38.6 Å². The Morgan fingerprint density at radius 3 is 2.56 bits per heavy atom. The molecule has 1 saturated heterocycles. The fourth-order valence-electron chi connectivity index (χ4n) is 3.83. The average Bonchev–Trinajstić information content (AvgIpc) is 3.17. The zero-order chi connectivity index (χ0) is 24.7. The number of sulfonamides is 1. The van der Waals surface area contributed by atoms with Crippen molar-refractivity contribution in [3.8, 4) is 6.07 Å². The van der Waals surface area contributed by atoms with Crippen LogP contribution in [0.5, 0.6) is 0 Å². The van der Waals surface area contributed by atoms with Crippen LogP contribution in [0.4, 0.5) is 21.9 Å². The molecule has 34 heavy (non-hydrogen) atoms. The molecule has 0 aliphatic carbocycles. The summed E-state index contributed by atoms with van der Waals surface area (Å²) in [6, 6.07) is 14.7. The number of nitrogens with zero attached hydrogens (tertiary/aromatic N) is 3. The van der Waals surface area contributed by atoms with E-state index >= 15 is 0 Å². The number of unbranched alkanes of at least 4 members (excludes halogenated alkanes) is 1. The van der Waals surface area contributed by atoms with E-state index in [2.05, 4.69) is 10.8 Å². The third-order valence-electron chi connectivity index (χ3n) is 5.61. The monoisotopic (exact) mass is 484 g/mol. The largest absolute Gasteiger partial charge is 0.469 e. The summed E-state index contributed by atoms with van der Waals surface area (Å²) < 4.78 is 32.4. The Bertz CT molecular complexity index is 1170. The van der Waals surface area contributed by atoms with E-state index in [1.54, 1.807) is 53.4 Å². The SMILES string of the molecule is CCCCS(=O)(=O)Nc1ccccc1N1CC(CCC(=O)OC)N(c2ccc(C#N)cc2)C1=O. The van der Waals surface area contributed by atoms with Crippen LogP contribution in [-0.4, -0.2) is 45.9 Å². The standard InChI is InChI=1S/C24H28N4O5S/c1-3-4-15-34(31,32)26-21-7-5-6-8-22(21)27-17-20(13-14-23(29)33-2)28(24(27)30)19-11-9-18(16-25)10-12-19/h5-12,20,26H,3-4,13-15,17H2,1-2H3. The van der Waals surface area contributed by atoms with Gasteiger partial charge in [0.1, 0.15) is 0 Å². The van der Waals surface area contributed by atoms with Crippen molar-refractivity contribution in [1.29, 1.82) is 5.26 Å². The molecule has 2 amide bonds. The molecule has 1 aliphatic rings. The number of rotatable bonds is 10. The molecule has 2 aromatic carbocycles. The fraction of sp³-hybridized carbons (Fsp3) is 0.375. The molecule has 180 valence electrons. The lowest BCUT2D eigenvalue weighted by Gasteiger charge is -2.23. The van der Waals surface area contributed by atoms with Crippen molar-refractivity contribution in [1.82, 2.24) is 0 Å². The highest BCUT2D eigenvalue weighted by Crippen LogP contribution is 2.35. The van der Waals surface area contributed by atoms with Crippen molar-refractivity contribution >= 4 is 39.1 Å². The van der Waals surface area contributed by atoms with Gasteiger partial charge in [0.15, 0.2) is 0 Å². The summed E-state index contributed by atoms with van der Waals surface area (Å²) in [5.74, 6) is -0.389. The number of hydrogen-bond donors (Lipinski definition) is 1. The van der Waals surface area contributed by atoms with Gasteiger partial charge in [-0.15, -0.1) is 0 Å². The molecule has 3 rings (SSSR count). The molecule has 0 spiro atoms. The van der Waals surface area contributed by atoms with Crippen LogP contribution >= 0.6 is 0 Å². The molecule has 0 saturated carbocycles. The fourth-order valence-corrected chi connectivity index (χ4v) is 5.11. The van der Waals surface area contributed by atoms with Gasteiger partial charge in [0, 0.05) is 18.7 Å². The van der Waals surface area contributed by atoms with Gasteiger partial charge in [-0.25, -0.2) is 13.2 Å². The molecule has 1 fully saturated rings. The Hall–Kier alpha value is -3.58. The molecule has 0 bridgehead atoms. The van der Waals surface area contributed by atoms with Crippen LogP contribution in [0.3, 0.4) is 0 Å². The highest BCUT2D eigenvalue weighted by atomic mass is 32.2. The van der Waals surface area contributed by atoms with Gasteiger partial charge in [0.2, 0.25) is 10.0 Å². The molecule has 0 radical (unpaired) electrons. The maximum Gasteiger partial charge on any atom is 0.329 e. The molecule has 2 aromatic rings. The van der Waals surface area contributed by atoms with Gasteiger partial charge < -0.3 is 4.74 Å². The van der Waals surface area contributed by atoms with Gasteiger partial charge in [-0.3, -0.25) is 19.3 Å². The van der Waals surface area contributed by atoms with E-state index < -0.39 is 10.0 Å². The summed E-state index contributed by atoms with van der Waals surface area (Å²) in [5, 5.41) is 9.09. The van der Waals surface area contributed by atoms with E-state index in [9.17, 15) is 18.0 Å². The van der Waals surface area contributed by atoms with Crippen molar-refractivity contribution < 1.29 is 22.7 Å². The third-order valence-corrected chi connectivity index (χ3v) is 6.96. The second-order valence-electron chi connectivity index (χ2n) is 7.98. The van der Waals surface area contributed by atoms with Gasteiger partial charge in [0.05, 0.1) is 41.9 Å². The van der Waals surface area contributed by atoms with Crippen molar-refractivity contribution in [2.24, 2.45) is 0 Å². The van der Waals surface area contributed by atoms with E-state index in [4.69, 9.17) is 10.00 Å². The minimum absolute atomic E-state index is 0.00903. The van der Waals surface area contributed by atoms with Crippen LogP contribution in [0.15, 0.2) is 48.5 Å². The summed E-state index contributed by atoms with van der Waals surface area (Å²) in [4.78, 5) is 28.4. The third kappa shape index (κ3) is 5.85. The maximum absolute atomic E-state index is 13.6. The minimum Gasteiger partial charge on any atom is -0.469 e. The van der Waals surface area contributed by atoms with Crippen LogP contribution in [0.1, 0.15) is 38.2 Å². The molecule has 10 heteroatoms. The van der Waals surface area contributed by atoms with E-state index in [0.717, 1.165) is 6.42 Å². The number of ether oxygens (including phenoxy) is 1. The first kappa shape index (κ1) is 25.1. The molecule has 9 nitrogen and oxygen atoms in total. The Morgan fingerprint density at radius 2 is 1.91 bits per heavy atom. The number of carbonyl (C=O) groups is 2. The number of methoxy groups -OCH3 is 1. The lowest BCUT2D eigenvalue weighted by molar-refractivity contribution is -0.140. The molecule has 0 aromatic heterocycles. The number of urea groups is 1. The summed E-state index contributed by atoms with van der Waals surface area (Å²) >= 11 is 0. The number of amides is 2. The predicted molar refractivity (Wildman–Crippen MR) is 130 cm³/mol. The minimum atomic E-state index is -3.57. The zero-order valence-electron chi connectivity index (χ0n) is 19.2. The molecule has 1 heterocycles. The second kappa shape index (κ2) is 11.0. The topological polar surface area (TPSA) is 120 Å². The number of nitriles is 1. The summed E-state index contributed by atoms with van der Waals surface area (Å²) in [6.45, 7) is 2.17. The lowest BCUT2D eigenvalue weighted by Crippen LogP contribution is -2.35. The van der Waals surface area contributed by atoms with Crippen LogP contribution < -0.4 is 14.5 Å². The number of benzene rings is 2. The molecular weight excluding hydrogens is 456 g/mol. The average molecular weight is 485 g/mol. The quantitative estimate of drug-likeness (QED) is 0.511. The van der Waals surface area contributed by atoms with E-state index in [1.165, 1.54) is 12.0 Å². The number of carbonyl (C=O) groups excluding carboxylic acids is 2. The van der Waals surface area contributed by atoms with E-state index in [1.807, 2.05) is 6.92 Å². The van der Waals surface area contributed by atoms with Crippen molar-refractivity contribution in [3.05, 3.63) is 54.1 Å². The maximum atomic E-state index is 13.6. The van der Waals surface area contributed by atoms with Crippen LogP contribution in [0.2, 0.25) is 0 Å². The molecule has 1 unspecified atom stereocenters. The first-order chi connectivity index (χ1) is 16.3. The Morgan fingerprint density at radius 1 is 1.21 bits per heavy atom. The number of esters is 1. The smallest absolute Gasteiger partial charge is 0.329 e. The predicted octanol–water partition coefficient (Wildman–Crippen LogP) is 3.87. The summed E-state index contributed by atoms with van der Waals surface area (Å²) in [7, 11) is -2.26. The van der Waals surface area contributed by atoms with E-state index in [0.29, 0.717) is 35.5 Å². The first-order valence-corrected chi connectivity index (χ1v) is 12.7. The van der Waals surface area contributed by atoms with Gasteiger partial charge in [0.25, 0.3) is 0 Å². The summed E-state index contributed by atoms with van der Waals surface area (Å²) in [6.07, 6.45) is 1.76. The first-order valence-electron chi connectivity index (χ1n) is 11.1. The molecule has 1 atom stereocenters. The zero-order valence-corrected chi connectivity index (χ0v) is 20.0. The number of nitrogens with one attached hydrogen (secondary N) is 1. The lowest BCUT2D eigenvalue weighted by atomic mass is 10.1. The Labute approximate surface area is 200 Å². The van der Waals surface area contributed by atoms with Gasteiger partial charge in [-0.1, -0.05) is 25.5 Å². The van der Waals surface area contributed by atoms with Crippen LogP contribution in [-0.2, 0) is 19.6 Å². The van der Waals surface area contributed by atoms with Crippen molar-refractivity contribution in [2.75, 3.05) is 33.9 Å². The highest BCUT2D eigenvalue weighted by Gasteiger charge is 2.40. The van der Waals surface area contributed by atoms with E-state index in [-0.39, 0.29) is 36.8 Å². The van der Waals surface area contributed by atoms with Gasteiger partial charge >= 0.3 is 12.0 Å². The highest BCUT2D eigenvalue weighted by molar-refractivity contribution is 7.92. The Balaban J connectivity index is 1.94. The van der Waals surface area contributed by atoms with Crippen LogP contribution in [0.25, 0.3) is 0 Å². The molecule has 1 aliphatic heterocycles. The Kier molecular flexibility index (Phi) is 8.12. The normalized spacial score (nSPS) is 15.8. The molecular formula is C24H28N4O5S. The molecule has 1 N–H and O–H groups in total. The van der Waals surface area contributed by atoms with Crippen molar-refractivity contribution in [3.63, 3.8) is 0 Å². The van der Waals surface area contributed by atoms with Crippen LogP contribution in [0, 0.1) is 11.3 Å². The second-order valence-corrected chi connectivity index (χ2v) is 9.82. The van der Waals surface area contributed by atoms with Gasteiger partial charge in [-0.05, 0) is 49.2 Å². The number of para-hydroxylation sites is 2. The number of hydrogen-bond acceptors (Lipinski definition) is 6. The van der Waals surface area contributed by atoms with Gasteiger partial charge in [-0.2, -0.15) is 5.26 Å².